The van der Waals surface area contributed by atoms with Gasteiger partial charge < -0.3 is 39.4 Å². The number of hydrogen-bond acceptors (Lipinski definition) is 9. The number of ether oxygens (including phenoxy) is 2. The average molecular weight is 763 g/mol. The van der Waals surface area contributed by atoms with Crippen LogP contribution in [-0.4, -0.2) is 84.1 Å². The van der Waals surface area contributed by atoms with Crippen molar-refractivity contribution in [2.75, 3.05) is 27.2 Å². The predicted octanol–water partition coefficient (Wildman–Crippen LogP) is 2.98. The van der Waals surface area contributed by atoms with Crippen LogP contribution in [0.2, 0.25) is 0 Å². The smallest absolute Gasteiger partial charge is 0.165 e. The van der Waals surface area contributed by atoms with E-state index in [9.17, 15) is 19.8 Å². The number of aromatic hydroxyl groups is 2. The largest absolute Gasteiger partial charge is 0.550 e. The Morgan fingerprint density at radius 2 is 1.25 bits per heavy atom. The lowest BCUT2D eigenvalue weighted by molar-refractivity contribution is -0.923. The number of fused-ring (bicyclic) bond motifs is 2. The highest BCUT2D eigenvalue weighted by Gasteiger charge is 2.80. The Hall–Kier alpha value is -4.15. The van der Waals surface area contributed by atoms with Gasteiger partial charge in [-0.1, -0.05) is 50.3 Å². The number of benzene rings is 2. The molecule has 2 saturated carbocycles. The summed E-state index contributed by atoms with van der Waals surface area (Å²) in [7, 11) is 4.53. The highest BCUT2D eigenvalue weighted by Crippen LogP contribution is 2.77. The molecule has 4 aliphatic heterocycles. The van der Waals surface area contributed by atoms with Crippen molar-refractivity contribution < 1.29 is 44.1 Å². The van der Waals surface area contributed by atoms with Crippen molar-refractivity contribution in [3.05, 3.63) is 70.8 Å². The number of carbonyl (C=O) groups excluding carboxylic acids is 3. The van der Waals surface area contributed by atoms with Crippen LogP contribution in [0.5, 0.6) is 23.0 Å². The van der Waals surface area contributed by atoms with Gasteiger partial charge in [-0.25, -0.2) is 0 Å². The summed E-state index contributed by atoms with van der Waals surface area (Å²) in [5.41, 5.74) is 4.26. The lowest BCUT2D eigenvalue weighted by Crippen LogP contribution is -3.18. The first-order valence-corrected chi connectivity index (χ1v) is 20.6. The Morgan fingerprint density at radius 3 is 1.79 bits per heavy atom. The highest BCUT2D eigenvalue weighted by molar-refractivity contribution is 5.82. The summed E-state index contributed by atoms with van der Waals surface area (Å²) in [5, 5.41) is 30.1. The first kappa shape index (κ1) is 36.2. The lowest BCUT2D eigenvalue weighted by Gasteiger charge is -2.71. The van der Waals surface area contributed by atoms with E-state index in [0.29, 0.717) is 23.6 Å². The Morgan fingerprint density at radius 1 is 0.768 bits per heavy atom. The number of carboxylic acids is 1. The molecule has 0 radical (unpaired) electrons. The molecule has 4 fully saturated rings. The number of nitrogens with one attached hydrogen (secondary N) is 1. The van der Waals surface area contributed by atoms with Crippen LogP contribution < -0.4 is 19.5 Å². The fourth-order valence-corrected chi connectivity index (χ4v) is 15.4. The Labute approximate surface area is 328 Å². The summed E-state index contributed by atoms with van der Waals surface area (Å²) in [6.45, 7) is 11.0. The van der Waals surface area contributed by atoms with E-state index in [1.807, 2.05) is 0 Å². The fraction of sp³-hybridized carbons (Fsp3) is 0.587. The first-order chi connectivity index (χ1) is 26.4. The van der Waals surface area contributed by atoms with Gasteiger partial charge in [0.1, 0.15) is 29.8 Å². The van der Waals surface area contributed by atoms with Gasteiger partial charge in [0.05, 0.1) is 24.4 Å². The van der Waals surface area contributed by atoms with Crippen LogP contribution in [-0.2, 0) is 38.1 Å². The molecule has 2 saturated heterocycles. The average Bonchev–Trinajstić information content (AvgIpc) is 3.71. The zero-order valence-corrected chi connectivity index (χ0v) is 33.5. The minimum absolute atomic E-state index is 0.00275. The molecule has 1 unspecified atom stereocenters. The number of likely N-dealkylation sites (N-methyl/N-ethyl adjacent to an activating group) is 2. The van der Waals surface area contributed by atoms with Gasteiger partial charge in [0.2, 0.25) is 0 Å². The Balaban J connectivity index is 0.000000126. The van der Waals surface area contributed by atoms with Crippen molar-refractivity contribution in [1.29, 1.82) is 0 Å². The summed E-state index contributed by atoms with van der Waals surface area (Å²) >= 11 is 0. The summed E-state index contributed by atoms with van der Waals surface area (Å²) < 4.78 is 13.2. The molecule has 10 heteroatoms. The lowest BCUT2D eigenvalue weighted by atomic mass is 9.35. The molecular weight excluding hydrogens is 709 g/mol. The monoisotopic (exact) mass is 762 g/mol. The maximum atomic E-state index is 12.6. The zero-order valence-electron chi connectivity index (χ0n) is 33.5. The standard InChI is InChI=1S/2C22H25NO3.C2H4O2/c2*1-12(24)14-11-21-7-6-20(14,2)19-22(21)8-9-23(3)16(21)10-13-4-5-15(25)18(26-19)17(13)22;1-2(3)4/h2*4-7,14,16,19,25H,8-11H2,1-3H3;1H3,(H,3,4)/t2*14-,16+,19-,20-,21+,22-;/m00./s1. The minimum atomic E-state index is -1.08. The third-order valence-electron chi connectivity index (χ3n) is 17.5. The number of ketones is 2. The van der Waals surface area contributed by atoms with Crippen molar-refractivity contribution >= 4 is 17.5 Å². The van der Waals surface area contributed by atoms with Gasteiger partial charge >= 0.3 is 0 Å². The summed E-state index contributed by atoms with van der Waals surface area (Å²) in [4.78, 5) is 38.2. The summed E-state index contributed by atoms with van der Waals surface area (Å²) in [6, 6.07) is 8.64. The second kappa shape index (κ2) is 11.1. The normalized spacial score (nSPS) is 44.9. The van der Waals surface area contributed by atoms with E-state index in [4.69, 9.17) is 19.4 Å². The van der Waals surface area contributed by atoms with Gasteiger partial charge in [-0.15, -0.1) is 0 Å². The summed E-state index contributed by atoms with van der Waals surface area (Å²) in [5.74, 6) is 1.35. The number of hydrogen-bond donors (Lipinski definition) is 3. The van der Waals surface area contributed by atoms with Gasteiger partial charge in [0.15, 0.2) is 23.0 Å². The molecule has 12 aliphatic rings. The summed E-state index contributed by atoms with van der Waals surface area (Å²) in [6.07, 6.45) is 15.2. The predicted molar refractivity (Wildman–Crippen MR) is 205 cm³/mol. The molecule has 2 aromatic carbocycles. The van der Waals surface area contributed by atoms with E-state index in [0.717, 1.165) is 58.5 Å². The molecule has 8 bridgehead atoms. The molecule has 0 amide bonds. The number of quaternary nitrogens is 1. The Kier molecular flexibility index (Phi) is 7.16. The molecular formula is C46H54N2O8. The molecule has 2 aromatic rings. The van der Waals surface area contributed by atoms with Crippen LogP contribution >= 0.6 is 0 Å². The van der Waals surface area contributed by atoms with Crippen LogP contribution in [0.4, 0.5) is 0 Å². The number of nitrogens with zero attached hydrogens (tertiary/aromatic N) is 1. The van der Waals surface area contributed by atoms with Crippen molar-refractivity contribution in [3.63, 3.8) is 0 Å². The van der Waals surface area contributed by atoms with E-state index in [2.05, 4.69) is 69.3 Å². The fourth-order valence-electron chi connectivity index (χ4n) is 15.4. The molecule has 10 nitrogen and oxygen atoms in total. The first-order valence-electron chi connectivity index (χ1n) is 20.6. The molecule has 13 atom stereocenters. The van der Waals surface area contributed by atoms with E-state index in [1.54, 1.807) is 30.9 Å². The van der Waals surface area contributed by atoms with Crippen LogP contribution in [0.1, 0.15) is 82.6 Å². The third-order valence-corrected chi connectivity index (χ3v) is 17.5. The van der Waals surface area contributed by atoms with Gasteiger partial charge in [-0.3, -0.25) is 9.59 Å². The van der Waals surface area contributed by atoms with E-state index in [1.165, 1.54) is 22.3 Å². The van der Waals surface area contributed by atoms with E-state index in [-0.39, 0.29) is 79.6 Å². The van der Waals surface area contributed by atoms with Crippen molar-refractivity contribution in [2.45, 2.75) is 108 Å². The molecule has 8 aliphatic carbocycles. The van der Waals surface area contributed by atoms with Crippen molar-refractivity contribution in [2.24, 2.45) is 33.5 Å². The number of phenolic OH excluding ortho intramolecular Hbond substituents is 2. The van der Waals surface area contributed by atoms with Gasteiger partial charge in [0, 0.05) is 69.5 Å². The van der Waals surface area contributed by atoms with Crippen LogP contribution in [0.3, 0.4) is 0 Å². The number of aliphatic carboxylic acids is 1. The van der Waals surface area contributed by atoms with E-state index >= 15 is 0 Å². The minimum Gasteiger partial charge on any atom is -0.550 e. The van der Waals surface area contributed by atoms with Gasteiger partial charge in [-0.2, -0.15) is 0 Å². The number of phenols is 2. The second-order valence-corrected chi connectivity index (χ2v) is 19.6. The molecule has 296 valence electrons. The molecule has 4 heterocycles. The SMILES string of the molecule is CC(=O)[C@@H]1C[C@@]23C=C[C@]1(C)[C@@H]1Oc4c(O)ccc5c4[C@@]12CCN(C)[C@@H]3C5.CC(=O)[C@@H]1C[C@@]23C=C[C@]1(C)[C@@H]1Oc4c(O)ccc5c4[C@@]12CC[NH+](C)[C@@H]3C5.CC(=O)[O-]. The highest BCUT2D eigenvalue weighted by atomic mass is 16.5. The molecule has 3 N–H and O–H groups in total. The molecule has 14 rings (SSSR count). The van der Waals surface area contributed by atoms with Crippen molar-refractivity contribution in [1.82, 2.24) is 4.90 Å². The third kappa shape index (κ3) is 3.85. The second-order valence-electron chi connectivity index (χ2n) is 19.6. The number of likely N-dealkylation sites (tertiary alicyclic amines) is 2. The van der Waals surface area contributed by atoms with Crippen molar-refractivity contribution in [3.8, 4) is 23.0 Å². The number of carboxylic acid groups (broad SMARTS) is 1. The van der Waals surface area contributed by atoms with Crippen LogP contribution in [0.25, 0.3) is 0 Å². The van der Waals surface area contributed by atoms with Crippen LogP contribution in [0.15, 0.2) is 48.6 Å². The van der Waals surface area contributed by atoms with Gasteiger partial charge in [0.25, 0.3) is 0 Å². The zero-order chi connectivity index (χ0) is 39.7. The number of rotatable bonds is 2. The Bertz CT molecular complexity index is 2060. The number of Topliss-reactive ketones (excluding diaryl/α,β-unsaturated/α-hetero) is 2. The molecule has 4 spiro atoms. The number of carbonyl (C=O) groups is 3. The maximum Gasteiger partial charge on any atom is 0.165 e. The van der Waals surface area contributed by atoms with E-state index < -0.39 is 5.97 Å². The molecule has 0 aromatic heterocycles. The maximum absolute atomic E-state index is 12.6. The topological polar surface area (TPSA) is 141 Å². The molecule has 56 heavy (non-hydrogen) atoms. The van der Waals surface area contributed by atoms with Crippen LogP contribution in [0, 0.1) is 33.5 Å². The van der Waals surface area contributed by atoms with Gasteiger partial charge in [-0.05, 0) is 83.3 Å². The quantitative estimate of drug-likeness (QED) is 0.394. The number of piperidine rings is 2.